The molecule has 1 unspecified atom stereocenters. The molecule has 0 aliphatic rings. The maximum Gasteiger partial charge on any atom is 0.273 e. The average molecular weight is 463 g/mol. The van der Waals surface area contributed by atoms with E-state index in [9.17, 15) is 9.59 Å². The largest absolute Gasteiger partial charge is 0.359 e. The Bertz CT molecular complexity index is 1220. The Kier molecular flexibility index (Phi) is 7.41. The highest BCUT2D eigenvalue weighted by Gasteiger charge is 2.20. The van der Waals surface area contributed by atoms with E-state index in [1.54, 1.807) is 13.2 Å². The molecule has 170 valence electrons. The molecule has 2 amide bonds. The van der Waals surface area contributed by atoms with Crippen LogP contribution in [0.4, 0.5) is 0 Å². The van der Waals surface area contributed by atoms with Crippen molar-refractivity contribution in [2.75, 3.05) is 7.05 Å². The highest BCUT2D eigenvalue weighted by atomic mass is 32.1. The van der Waals surface area contributed by atoms with Gasteiger partial charge < -0.3 is 15.6 Å². The Labute approximate surface area is 196 Å². The first-order chi connectivity index (χ1) is 16.1. The summed E-state index contributed by atoms with van der Waals surface area (Å²) in [5.41, 5.74) is 2.22. The summed E-state index contributed by atoms with van der Waals surface area (Å²) >= 11 is 1.00. The van der Waals surface area contributed by atoms with E-state index >= 15 is 0 Å². The predicted molar refractivity (Wildman–Crippen MR) is 129 cm³/mol. The maximum absolute atomic E-state index is 12.6. The van der Waals surface area contributed by atoms with Gasteiger partial charge in [-0.25, -0.2) is 4.98 Å². The molecule has 1 atom stereocenters. The van der Waals surface area contributed by atoms with Crippen LogP contribution >= 0.6 is 11.7 Å². The minimum Gasteiger partial charge on any atom is -0.359 e. The summed E-state index contributed by atoms with van der Waals surface area (Å²) < 4.78 is 7.94. The highest BCUT2D eigenvalue weighted by molar-refractivity contribution is 6.99. The normalized spacial score (nSPS) is 11.9. The maximum atomic E-state index is 12.6. The molecule has 0 bridgehead atoms. The van der Waals surface area contributed by atoms with Crippen LogP contribution in [0.3, 0.4) is 0 Å². The van der Waals surface area contributed by atoms with Gasteiger partial charge in [-0.2, -0.15) is 8.75 Å². The number of fused-ring (bicyclic) bond motifs is 1. The number of hydrogen-bond donors (Lipinski definition) is 3. The topological polar surface area (TPSA) is 113 Å². The fourth-order valence-corrected chi connectivity index (χ4v) is 4.14. The van der Waals surface area contributed by atoms with Crippen molar-refractivity contribution in [1.29, 1.82) is 0 Å². The van der Waals surface area contributed by atoms with Crippen LogP contribution in [0.1, 0.15) is 54.5 Å². The van der Waals surface area contributed by atoms with Crippen LogP contribution in [-0.2, 0) is 4.79 Å². The molecule has 4 aromatic rings. The number of aromatic amines is 1. The van der Waals surface area contributed by atoms with Crippen molar-refractivity contribution in [3.8, 4) is 11.3 Å². The lowest BCUT2D eigenvalue weighted by atomic mass is 10.1. The van der Waals surface area contributed by atoms with E-state index in [4.69, 9.17) is 0 Å². The van der Waals surface area contributed by atoms with E-state index in [2.05, 4.69) is 59.7 Å². The molecule has 0 fully saturated rings. The Morgan fingerprint density at radius 3 is 2.70 bits per heavy atom. The quantitative estimate of drug-likeness (QED) is 0.305. The number of amides is 2. The number of benzene rings is 2. The lowest BCUT2D eigenvalue weighted by Gasteiger charge is -2.16. The molecule has 0 saturated carbocycles. The van der Waals surface area contributed by atoms with Crippen LogP contribution in [0.5, 0.6) is 0 Å². The molecular formula is C24H26N6O2S. The van der Waals surface area contributed by atoms with Gasteiger partial charge in [0.2, 0.25) is 5.91 Å². The second-order valence-corrected chi connectivity index (χ2v) is 8.39. The number of aromatic nitrogens is 4. The summed E-state index contributed by atoms with van der Waals surface area (Å²) in [6.07, 6.45) is 7.00. The van der Waals surface area contributed by atoms with Gasteiger partial charge in [-0.3, -0.25) is 9.59 Å². The van der Waals surface area contributed by atoms with Crippen LogP contribution in [-0.4, -0.2) is 37.6 Å². The van der Waals surface area contributed by atoms with Gasteiger partial charge in [0.05, 0.1) is 35.9 Å². The van der Waals surface area contributed by atoms with E-state index < -0.39 is 0 Å². The minimum atomic E-state index is -0.298. The third kappa shape index (κ3) is 5.81. The van der Waals surface area contributed by atoms with Gasteiger partial charge in [-0.05, 0) is 29.7 Å². The van der Waals surface area contributed by atoms with Crippen molar-refractivity contribution in [2.45, 2.75) is 38.1 Å². The molecule has 9 heteroatoms. The zero-order chi connectivity index (χ0) is 23.0. The molecule has 0 spiro atoms. The number of carbonyl (C=O) groups excluding carboxylic acids is 2. The number of unbranched alkanes of at least 4 members (excludes halogenated alkanes) is 2. The summed E-state index contributed by atoms with van der Waals surface area (Å²) in [7, 11) is 1.64. The van der Waals surface area contributed by atoms with Crippen molar-refractivity contribution in [2.24, 2.45) is 0 Å². The van der Waals surface area contributed by atoms with Crippen LogP contribution in [0.25, 0.3) is 22.0 Å². The first kappa shape index (κ1) is 22.6. The molecule has 4 rings (SSSR count). The standard InChI is InChI=1S/C24H26N6O2S/c1-25-22(31)10-4-2-3-9-19(29-24(32)21-15-27-33-30-21)23-26-14-20(28-23)18-12-11-16-7-5-6-8-17(16)13-18/h5-8,11-15,19H,2-4,9-10H2,1H3,(H,25,31)(H,26,28)(H,29,32). The predicted octanol–water partition coefficient (Wildman–Crippen LogP) is 4.25. The summed E-state index contributed by atoms with van der Waals surface area (Å²) in [6, 6.07) is 14.2. The van der Waals surface area contributed by atoms with Crippen LogP contribution in [0.15, 0.2) is 54.9 Å². The number of nitrogens with one attached hydrogen (secondary N) is 3. The number of rotatable bonds is 10. The third-order valence-corrected chi connectivity index (χ3v) is 6.04. The summed E-state index contributed by atoms with van der Waals surface area (Å²) in [5, 5.41) is 8.01. The lowest BCUT2D eigenvalue weighted by Crippen LogP contribution is -2.29. The average Bonchev–Trinajstić information content (AvgIpc) is 3.55. The Morgan fingerprint density at radius 1 is 1.06 bits per heavy atom. The van der Waals surface area contributed by atoms with Gasteiger partial charge in [0.15, 0.2) is 5.69 Å². The van der Waals surface area contributed by atoms with E-state index in [0.29, 0.717) is 24.4 Å². The van der Waals surface area contributed by atoms with E-state index in [1.807, 2.05) is 12.1 Å². The van der Waals surface area contributed by atoms with Crippen molar-refractivity contribution >= 4 is 34.3 Å². The second kappa shape index (κ2) is 10.8. The zero-order valence-corrected chi connectivity index (χ0v) is 19.2. The molecule has 2 aromatic carbocycles. The summed E-state index contributed by atoms with van der Waals surface area (Å²) in [4.78, 5) is 32.0. The monoisotopic (exact) mass is 462 g/mol. The summed E-state index contributed by atoms with van der Waals surface area (Å²) in [6.45, 7) is 0. The first-order valence-electron chi connectivity index (χ1n) is 11.0. The number of nitrogens with zero attached hydrogens (tertiary/aromatic N) is 3. The first-order valence-corrected chi connectivity index (χ1v) is 11.7. The van der Waals surface area contributed by atoms with Crippen molar-refractivity contribution in [3.63, 3.8) is 0 Å². The zero-order valence-electron chi connectivity index (χ0n) is 18.4. The fourth-order valence-electron chi connectivity index (χ4n) is 3.73. The molecule has 2 aromatic heterocycles. The Balaban J connectivity index is 1.48. The lowest BCUT2D eigenvalue weighted by molar-refractivity contribution is -0.120. The molecule has 0 radical (unpaired) electrons. The number of hydrogen-bond acceptors (Lipinski definition) is 6. The second-order valence-electron chi connectivity index (χ2n) is 7.84. The molecule has 8 nitrogen and oxygen atoms in total. The van der Waals surface area contributed by atoms with E-state index in [-0.39, 0.29) is 17.9 Å². The van der Waals surface area contributed by atoms with Crippen molar-refractivity contribution in [3.05, 3.63) is 66.4 Å². The number of carbonyl (C=O) groups is 2. The van der Waals surface area contributed by atoms with Crippen LogP contribution < -0.4 is 10.6 Å². The summed E-state index contributed by atoms with van der Waals surface area (Å²) in [5.74, 6) is 0.464. The van der Waals surface area contributed by atoms with Crippen LogP contribution in [0, 0.1) is 0 Å². The molecular weight excluding hydrogens is 436 g/mol. The minimum absolute atomic E-state index is 0.0435. The fraction of sp³-hybridized carbons (Fsp3) is 0.292. The molecule has 33 heavy (non-hydrogen) atoms. The molecule has 0 aliphatic heterocycles. The van der Waals surface area contributed by atoms with Gasteiger partial charge in [-0.15, -0.1) is 0 Å². The van der Waals surface area contributed by atoms with Crippen LogP contribution in [0.2, 0.25) is 0 Å². The van der Waals surface area contributed by atoms with Gasteiger partial charge in [0.25, 0.3) is 5.91 Å². The SMILES string of the molecule is CNC(=O)CCCCCC(NC(=O)c1cnsn1)c1ncc(-c2ccc3ccccc3c2)[nH]1. The third-order valence-electron chi connectivity index (χ3n) is 5.56. The van der Waals surface area contributed by atoms with E-state index in [1.165, 1.54) is 11.6 Å². The van der Waals surface area contributed by atoms with Gasteiger partial charge >= 0.3 is 0 Å². The van der Waals surface area contributed by atoms with E-state index in [0.717, 1.165) is 47.6 Å². The number of imidazole rings is 1. The van der Waals surface area contributed by atoms with Crippen molar-refractivity contribution < 1.29 is 9.59 Å². The molecule has 3 N–H and O–H groups in total. The molecule has 2 heterocycles. The van der Waals surface area contributed by atoms with Gasteiger partial charge in [0, 0.05) is 19.0 Å². The molecule has 0 aliphatic carbocycles. The van der Waals surface area contributed by atoms with Crippen molar-refractivity contribution in [1.82, 2.24) is 29.3 Å². The number of H-pyrrole nitrogens is 1. The smallest absolute Gasteiger partial charge is 0.273 e. The Morgan fingerprint density at radius 2 is 1.91 bits per heavy atom. The molecule has 0 saturated heterocycles. The van der Waals surface area contributed by atoms with Gasteiger partial charge in [0.1, 0.15) is 5.82 Å². The Hall–Kier alpha value is -3.59. The van der Waals surface area contributed by atoms with Gasteiger partial charge in [-0.1, -0.05) is 49.2 Å². The highest BCUT2D eigenvalue weighted by Crippen LogP contribution is 2.26.